The minimum absolute atomic E-state index is 0.0147. The molecular weight excluding hydrogens is 312 g/mol. The number of hydrogen-bond donors (Lipinski definition) is 2. The Morgan fingerprint density at radius 3 is 2.48 bits per heavy atom. The Morgan fingerprint density at radius 1 is 1.22 bits per heavy atom. The highest BCUT2D eigenvalue weighted by molar-refractivity contribution is 6.31. The van der Waals surface area contributed by atoms with Crippen LogP contribution in [0.1, 0.15) is 46.1 Å². The van der Waals surface area contributed by atoms with E-state index in [0.717, 1.165) is 5.56 Å². The summed E-state index contributed by atoms with van der Waals surface area (Å²) < 4.78 is 0. The zero-order valence-electron chi connectivity index (χ0n) is 14.6. The van der Waals surface area contributed by atoms with Gasteiger partial charge in [-0.1, -0.05) is 45.4 Å². The number of hydrogen-bond acceptors (Lipinski definition) is 2. The first-order valence-corrected chi connectivity index (χ1v) is 8.30. The van der Waals surface area contributed by atoms with Crippen molar-refractivity contribution in [3.05, 3.63) is 28.8 Å². The summed E-state index contributed by atoms with van der Waals surface area (Å²) in [6, 6.07) is 5.38. The Morgan fingerprint density at radius 2 is 1.87 bits per heavy atom. The number of carbonyl (C=O) groups is 2. The van der Waals surface area contributed by atoms with Crippen LogP contribution in [-0.4, -0.2) is 18.4 Å². The van der Waals surface area contributed by atoms with E-state index in [1.165, 1.54) is 0 Å². The summed E-state index contributed by atoms with van der Waals surface area (Å²) in [7, 11) is 0. The average molecular weight is 339 g/mol. The maximum absolute atomic E-state index is 11.9. The van der Waals surface area contributed by atoms with Crippen molar-refractivity contribution < 1.29 is 9.59 Å². The molecule has 128 valence electrons. The van der Waals surface area contributed by atoms with Crippen LogP contribution in [0.4, 0.5) is 5.69 Å². The smallest absolute Gasteiger partial charge is 0.226 e. The van der Waals surface area contributed by atoms with E-state index in [9.17, 15) is 9.59 Å². The molecule has 1 aromatic carbocycles. The Balaban J connectivity index is 2.37. The fourth-order valence-electron chi connectivity index (χ4n) is 1.93. The number of anilines is 1. The number of amides is 2. The second kappa shape index (κ2) is 8.34. The van der Waals surface area contributed by atoms with Crippen LogP contribution in [-0.2, 0) is 9.59 Å². The van der Waals surface area contributed by atoms with E-state index in [0.29, 0.717) is 23.7 Å². The molecule has 5 heteroatoms. The molecule has 1 rings (SSSR count). The lowest BCUT2D eigenvalue weighted by Crippen LogP contribution is -2.31. The highest BCUT2D eigenvalue weighted by atomic mass is 35.5. The van der Waals surface area contributed by atoms with Crippen molar-refractivity contribution >= 4 is 29.1 Å². The van der Waals surface area contributed by atoms with Crippen molar-refractivity contribution in [2.45, 2.75) is 47.5 Å². The largest absolute Gasteiger partial charge is 0.356 e. The van der Waals surface area contributed by atoms with E-state index in [2.05, 4.69) is 38.3 Å². The number of rotatable bonds is 6. The Kier molecular flexibility index (Phi) is 7.07. The molecule has 0 aliphatic rings. The Hall–Kier alpha value is -1.55. The maximum Gasteiger partial charge on any atom is 0.226 e. The molecule has 0 radical (unpaired) electrons. The van der Waals surface area contributed by atoms with E-state index in [-0.39, 0.29) is 29.6 Å². The van der Waals surface area contributed by atoms with Crippen LogP contribution in [0.25, 0.3) is 0 Å². The lowest BCUT2D eigenvalue weighted by molar-refractivity contribution is -0.122. The quantitative estimate of drug-likeness (QED) is 0.818. The van der Waals surface area contributed by atoms with Crippen molar-refractivity contribution in [1.82, 2.24) is 5.32 Å². The number of benzene rings is 1. The normalized spacial score (nSPS) is 12.6. The molecule has 0 saturated heterocycles. The second-order valence-corrected chi connectivity index (χ2v) is 7.44. The van der Waals surface area contributed by atoms with E-state index in [4.69, 9.17) is 11.6 Å². The predicted molar refractivity (Wildman–Crippen MR) is 95.7 cm³/mol. The highest BCUT2D eigenvalue weighted by Crippen LogP contribution is 2.27. The van der Waals surface area contributed by atoms with Crippen molar-refractivity contribution in [2.75, 3.05) is 11.9 Å². The van der Waals surface area contributed by atoms with Gasteiger partial charge in [-0.25, -0.2) is 0 Å². The number of halogens is 1. The number of nitrogens with one attached hydrogen (secondary N) is 2. The second-order valence-electron chi connectivity index (χ2n) is 7.03. The van der Waals surface area contributed by atoms with Gasteiger partial charge in [-0.15, -0.1) is 0 Å². The molecule has 23 heavy (non-hydrogen) atoms. The molecule has 4 nitrogen and oxygen atoms in total. The molecule has 0 aromatic heterocycles. The third-order valence-corrected chi connectivity index (χ3v) is 4.60. The fraction of sp³-hybridized carbons (Fsp3) is 0.556. The predicted octanol–water partition coefficient (Wildman–Crippen LogP) is 4.17. The zero-order valence-corrected chi connectivity index (χ0v) is 15.4. The van der Waals surface area contributed by atoms with E-state index < -0.39 is 0 Å². The molecule has 0 spiro atoms. The molecular formula is C18H27ClN2O2. The minimum Gasteiger partial charge on any atom is -0.356 e. The molecule has 0 aliphatic heterocycles. The van der Waals surface area contributed by atoms with Crippen LogP contribution >= 0.6 is 11.6 Å². The van der Waals surface area contributed by atoms with Gasteiger partial charge in [0.2, 0.25) is 11.8 Å². The third-order valence-electron chi connectivity index (χ3n) is 4.19. The molecule has 0 aliphatic carbocycles. The van der Waals surface area contributed by atoms with Crippen LogP contribution in [0.15, 0.2) is 18.2 Å². The fourth-order valence-corrected chi connectivity index (χ4v) is 2.10. The molecule has 1 unspecified atom stereocenters. The van der Waals surface area contributed by atoms with Gasteiger partial charge in [-0.3, -0.25) is 9.59 Å². The Bertz CT molecular complexity index is 565. The van der Waals surface area contributed by atoms with Crippen LogP contribution in [0.2, 0.25) is 5.02 Å². The summed E-state index contributed by atoms with van der Waals surface area (Å²) in [5.74, 6) is 0.129. The molecule has 1 aromatic rings. The first-order valence-electron chi connectivity index (χ1n) is 7.93. The first-order chi connectivity index (χ1) is 10.6. The van der Waals surface area contributed by atoms with E-state index in [1.54, 1.807) is 12.1 Å². The zero-order chi connectivity index (χ0) is 17.6. The van der Waals surface area contributed by atoms with Crippen LogP contribution in [0.5, 0.6) is 0 Å². The van der Waals surface area contributed by atoms with Crippen molar-refractivity contribution in [3.8, 4) is 0 Å². The lowest BCUT2D eigenvalue weighted by Gasteiger charge is -2.26. The molecule has 1 atom stereocenters. The molecule has 0 heterocycles. The van der Waals surface area contributed by atoms with E-state index in [1.807, 2.05) is 13.0 Å². The van der Waals surface area contributed by atoms with Gasteiger partial charge in [0.05, 0.1) is 0 Å². The monoisotopic (exact) mass is 338 g/mol. The summed E-state index contributed by atoms with van der Waals surface area (Å²) in [4.78, 5) is 23.8. The average Bonchev–Trinajstić information content (AvgIpc) is 2.42. The minimum atomic E-state index is -0.139. The van der Waals surface area contributed by atoms with Gasteiger partial charge in [-0.05, 0) is 36.0 Å². The molecule has 2 amide bonds. The van der Waals surface area contributed by atoms with Crippen LogP contribution in [0, 0.1) is 18.3 Å². The molecule has 0 bridgehead atoms. The first kappa shape index (κ1) is 19.5. The number of carbonyl (C=O) groups excluding carboxylic acids is 2. The van der Waals surface area contributed by atoms with E-state index >= 15 is 0 Å². The molecule has 0 saturated carbocycles. The summed E-state index contributed by atoms with van der Waals surface area (Å²) in [6.07, 6.45) is 0.708. The summed E-state index contributed by atoms with van der Waals surface area (Å²) >= 11 is 6.02. The molecule has 0 fully saturated rings. The van der Waals surface area contributed by atoms with Crippen molar-refractivity contribution in [2.24, 2.45) is 11.3 Å². The summed E-state index contributed by atoms with van der Waals surface area (Å²) in [5, 5.41) is 6.24. The lowest BCUT2D eigenvalue weighted by atomic mass is 9.80. The summed E-state index contributed by atoms with van der Waals surface area (Å²) in [6.45, 7) is 10.6. The standard InChI is InChI=1S/C18H27ClN2O2/c1-12(18(3,4)5)11-17(23)20-10-9-16(22)21-15-8-6-7-14(19)13(15)2/h6-8,12H,9-11H2,1-5H3,(H,20,23)(H,21,22). The maximum atomic E-state index is 11.9. The van der Waals surface area contributed by atoms with Gasteiger partial charge in [0.1, 0.15) is 0 Å². The molecule has 2 N–H and O–H groups in total. The van der Waals surface area contributed by atoms with Gasteiger partial charge in [-0.2, -0.15) is 0 Å². The van der Waals surface area contributed by atoms with Gasteiger partial charge >= 0.3 is 0 Å². The SMILES string of the molecule is Cc1c(Cl)cccc1NC(=O)CCNC(=O)CC(C)C(C)(C)C. The topological polar surface area (TPSA) is 58.2 Å². The highest BCUT2D eigenvalue weighted by Gasteiger charge is 2.22. The van der Waals surface area contributed by atoms with Gasteiger partial charge in [0.15, 0.2) is 0 Å². The summed E-state index contributed by atoms with van der Waals surface area (Å²) in [5.41, 5.74) is 1.64. The van der Waals surface area contributed by atoms with Gasteiger partial charge in [0, 0.05) is 30.1 Å². The van der Waals surface area contributed by atoms with Crippen LogP contribution in [0.3, 0.4) is 0 Å². The van der Waals surface area contributed by atoms with Crippen molar-refractivity contribution in [1.29, 1.82) is 0 Å². The van der Waals surface area contributed by atoms with Crippen molar-refractivity contribution in [3.63, 3.8) is 0 Å². The van der Waals surface area contributed by atoms with Gasteiger partial charge in [0.25, 0.3) is 0 Å². The van der Waals surface area contributed by atoms with Crippen LogP contribution < -0.4 is 10.6 Å². The third kappa shape index (κ3) is 6.61. The van der Waals surface area contributed by atoms with Gasteiger partial charge < -0.3 is 10.6 Å². The Labute approximate surface area is 144 Å².